The SMILES string of the molecule is COc1ccc(/C=C2\C(=O)NC(=O)N(c3cccc(Cl)c3C)C2=O)c(Cc2ccccc2F)c1. The molecule has 0 saturated carbocycles. The molecule has 0 aromatic heterocycles. The largest absolute Gasteiger partial charge is 0.497 e. The van der Waals surface area contributed by atoms with Crippen LogP contribution in [-0.4, -0.2) is 25.0 Å². The van der Waals surface area contributed by atoms with Gasteiger partial charge in [-0.2, -0.15) is 0 Å². The van der Waals surface area contributed by atoms with Gasteiger partial charge in [-0.05, 0) is 65.6 Å². The van der Waals surface area contributed by atoms with Crippen molar-refractivity contribution in [2.45, 2.75) is 13.3 Å². The highest BCUT2D eigenvalue weighted by Gasteiger charge is 2.37. The second-order valence-electron chi connectivity index (χ2n) is 7.67. The van der Waals surface area contributed by atoms with Crippen LogP contribution >= 0.6 is 11.6 Å². The number of hydrogen-bond acceptors (Lipinski definition) is 4. The number of urea groups is 1. The third-order valence-corrected chi connectivity index (χ3v) is 5.98. The molecule has 1 fully saturated rings. The number of halogens is 2. The summed E-state index contributed by atoms with van der Waals surface area (Å²) < 4.78 is 19.6. The summed E-state index contributed by atoms with van der Waals surface area (Å²) in [6.07, 6.45) is 1.60. The van der Waals surface area contributed by atoms with E-state index in [0.29, 0.717) is 33.0 Å². The molecule has 8 heteroatoms. The van der Waals surface area contributed by atoms with E-state index in [-0.39, 0.29) is 23.5 Å². The van der Waals surface area contributed by atoms with Crippen molar-refractivity contribution in [2.75, 3.05) is 12.0 Å². The summed E-state index contributed by atoms with van der Waals surface area (Å²) in [7, 11) is 1.51. The number of carbonyl (C=O) groups is 3. The number of methoxy groups -OCH3 is 1. The molecule has 0 unspecified atom stereocenters. The summed E-state index contributed by atoms with van der Waals surface area (Å²) >= 11 is 6.17. The van der Waals surface area contributed by atoms with E-state index in [4.69, 9.17) is 16.3 Å². The molecule has 1 aliphatic heterocycles. The number of benzene rings is 3. The van der Waals surface area contributed by atoms with Gasteiger partial charge in [-0.1, -0.05) is 41.9 Å². The number of rotatable bonds is 5. The van der Waals surface area contributed by atoms with Crippen LogP contribution in [0.5, 0.6) is 5.75 Å². The Kier molecular flexibility index (Phi) is 6.47. The normalized spacial score (nSPS) is 15.0. The Morgan fingerprint density at radius 1 is 1.03 bits per heavy atom. The van der Waals surface area contributed by atoms with Gasteiger partial charge in [-0.25, -0.2) is 14.1 Å². The molecule has 172 valence electrons. The first kappa shape index (κ1) is 23.2. The predicted octanol–water partition coefficient (Wildman–Crippen LogP) is 5.05. The highest BCUT2D eigenvalue weighted by atomic mass is 35.5. The highest BCUT2D eigenvalue weighted by molar-refractivity contribution is 6.40. The minimum Gasteiger partial charge on any atom is -0.497 e. The number of anilines is 1. The lowest BCUT2D eigenvalue weighted by atomic mass is 9.96. The van der Waals surface area contributed by atoms with Crippen LogP contribution in [0.2, 0.25) is 5.02 Å². The zero-order chi connectivity index (χ0) is 24.4. The average Bonchev–Trinajstić information content (AvgIpc) is 2.81. The topological polar surface area (TPSA) is 75.7 Å². The van der Waals surface area contributed by atoms with E-state index in [1.165, 1.54) is 19.3 Å². The fourth-order valence-corrected chi connectivity index (χ4v) is 3.89. The Hall–Kier alpha value is -3.97. The minimum absolute atomic E-state index is 0.203. The van der Waals surface area contributed by atoms with Crippen molar-refractivity contribution in [2.24, 2.45) is 0 Å². The molecule has 6 nitrogen and oxygen atoms in total. The van der Waals surface area contributed by atoms with Crippen LogP contribution in [0.25, 0.3) is 6.08 Å². The maximum atomic E-state index is 14.3. The van der Waals surface area contributed by atoms with Crippen LogP contribution in [-0.2, 0) is 16.0 Å². The molecule has 0 bridgehead atoms. The Morgan fingerprint density at radius 3 is 2.53 bits per heavy atom. The molecule has 1 saturated heterocycles. The van der Waals surface area contributed by atoms with Gasteiger partial charge in [0, 0.05) is 11.4 Å². The highest BCUT2D eigenvalue weighted by Crippen LogP contribution is 2.30. The van der Waals surface area contributed by atoms with E-state index in [0.717, 1.165) is 4.90 Å². The molecular formula is C26H20ClFN2O4. The maximum absolute atomic E-state index is 14.3. The summed E-state index contributed by atoms with van der Waals surface area (Å²) in [5, 5.41) is 2.58. The van der Waals surface area contributed by atoms with Gasteiger partial charge in [-0.3, -0.25) is 14.9 Å². The lowest BCUT2D eigenvalue weighted by molar-refractivity contribution is -0.122. The van der Waals surface area contributed by atoms with Gasteiger partial charge in [-0.15, -0.1) is 0 Å². The zero-order valence-corrected chi connectivity index (χ0v) is 19.2. The number of ether oxygens (including phenoxy) is 1. The summed E-state index contributed by atoms with van der Waals surface area (Å²) in [6.45, 7) is 1.67. The summed E-state index contributed by atoms with van der Waals surface area (Å²) in [5.41, 5.74) is 2.15. The van der Waals surface area contributed by atoms with Crippen LogP contribution in [0.15, 0.2) is 66.2 Å². The fourth-order valence-electron chi connectivity index (χ4n) is 3.72. The molecule has 0 radical (unpaired) electrons. The van der Waals surface area contributed by atoms with Gasteiger partial charge in [0.25, 0.3) is 11.8 Å². The summed E-state index contributed by atoms with van der Waals surface area (Å²) in [5.74, 6) is -1.44. The van der Waals surface area contributed by atoms with Crippen LogP contribution in [0, 0.1) is 12.7 Å². The van der Waals surface area contributed by atoms with E-state index in [1.54, 1.807) is 61.5 Å². The van der Waals surface area contributed by atoms with Crippen molar-refractivity contribution in [3.05, 3.63) is 99.3 Å². The quantitative estimate of drug-likeness (QED) is 0.411. The van der Waals surface area contributed by atoms with Crippen LogP contribution in [0.1, 0.15) is 22.3 Å². The molecule has 4 rings (SSSR count). The second-order valence-corrected chi connectivity index (χ2v) is 8.08. The number of nitrogens with one attached hydrogen (secondary N) is 1. The van der Waals surface area contributed by atoms with E-state index in [2.05, 4.69) is 5.32 Å². The molecular weight excluding hydrogens is 459 g/mol. The summed E-state index contributed by atoms with van der Waals surface area (Å²) in [4.78, 5) is 39.4. The number of hydrogen-bond donors (Lipinski definition) is 1. The van der Waals surface area contributed by atoms with E-state index in [9.17, 15) is 18.8 Å². The molecule has 34 heavy (non-hydrogen) atoms. The van der Waals surface area contributed by atoms with E-state index < -0.39 is 17.8 Å². The number of imide groups is 2. The molecule has 1 N–H and O–H groups in total. The summed E-state index contributed by atoms with van der Waals surface area (Å²) in [6, 6.07) is 15.4. The van der Waals surface area contributed by atoms with Crippen molar-refractivity contribution < 1.29 is 23.5 Å². The van der Waals surface area contributed by atoms with E-state index >= 15 is 0 Å². The first-order valence-corrected chi connectivity index (χ1v) is 10.7. The average molecular weight is 479 g/mol. The van der Waals surface area contributed by atoms with Gasteiger partial charge < -0.3 is 4.74 Å². The zero-order valence-electron chi connectivity index (χ0n) is 18.4. The Labute approximate surface area is 200 Å². The lowest BCUT2D eigenvalue weighted by Crippen LogP contribution is -2.54. The lowest BCUT2D eigenvalue weighted by Gasteiger charge is -2.28. The first-order valence-electron chi connectivity index (χ1n) is 10.4. The van der Waals surface area contributed by atoms with Gasteiger partial charge in [0.15, 0.2) is 0 Å². The molecule has 4 amide bonds. The van der Waals surface area contributed by atoms with Crippen molar-refractivity contribution in [1.82, 2.24) is 5.32 Å². The van der Waals surface area contributed by atoms with Crippen molar-refractivity contribution in [3.63, 3.8) is 0 Å². The number of nitrogens with zero attached hydrogens (tertiary/aromatic N) is 1. The molecule has 3 aromatic carbocycles. The Morgan fingerprint density at radius 2 is 1.79 bits per heavy atom. The van der Waals surface area contributed by atoms with Crippen LogP contribution in [0.3, 0.4) is 0 Å². The molecule has 1 aliphatic rings. The molecule has 1 heterocycles. The number of carbonyl (C=O) groups excluding carboxylic acids is 3. The van der Waals surface area contributed by atoms with Crippen LogP contribution in [0.4, 0.5) is 14.9 Å². The molecule has 0 atom stereocenters. The van der Waals surface area contributed by atoms with Crippen LogP contribution < -0.4 is 15.0 Å². The third kappa shape index (κ3) is 4.43. The first-order chi connectivity index (χ1) is 16.3. The van der Waals surface area contributed by atoms with Crippen molar-refractivity contribution in [3.8, 4) is 5.75 Å². The van der Waals surface area contributed by atoms with Gasteiger partial charge in [0.1, 0.15) is 17.1 Å². The minimum atomic E-state index is -0.862. The third-order valence-electron chi connectivity index (χ3n) is 5.57. The second kappa shape index (κ2) is 9.49. The maximum Gasteiger partial charge on any atom is 0.335 e. The van der Waals surface area contributed by atoms with E-state index in [1.807, 2.05) is 0 Å². The van der Waals surface area contributed by atoms with Gasteiger partial charge in [0.2, 0.25) is 0 Å². The van der Waals surface area contributed by atoms with Crippen molar-refractivity contribution >= 4 is 41.2 Å². The smallest absolute Gasteiger partial charge is 0.335 e. The number of amides is 4. The van der Waals surface area contributed by atoms with Gasteiger partial charge in [0.05, 0.1) is 12.8 Å². The number of barbiturate groups is 1. The molecule has 0 aliphatic carbocycles. The standard InChI is InChI=1S/C26H20ClFN2O4/c1-15-21(27)7-5-9-23(15)30-25(32)20(24(31)29-26(30)33)14-16-10-11-19(34-2)13-18(16)12-17-6-3-4-8-22(17)28/h3-11,13-14H,12H2,1-2H3,(H,29,31,33)/b20-14+. The molecule has 3 aromatic rings. The van der Waals surface area contributed by atoms with Crippen molar-refractivity contribution in [1.29, 1.82) is 0 Å². The monoisotopic (exact) mass is 478 g/mol. The fraction of sp³-hybridized carbons (Fsp3) is 0.115. The Bertz CT molecular complexity index is 1350. The molecule has 0 spiro atoms. The predicted molar refractivity (Wildman–Crippen MR) is 127 cm³/mol. The Balaban J connectivity index is 1.79. The van der Waals surface area contributed by atoms with Gasteiger partial charge >= 0.3 is 6.03 Å².